The van der Waals surface area contributed by atoms with Crippen molar-refractivity contribution in [2.45, 2.75) is 0 Å². The van der Waals surface area contributed by atoms with Crippen molar-refractivity contribution in [3.63, 3.8) is 0 Å². The third-order valence-electron chi connectivity index (χ3n) is 2.45. The Morgan fingerprint density at radius 3 is 2.89 bits per heavy atom. The third-order valence-corrected chi connectivity index (χ3v) is 2.91. The van der Waals surface area contributed by atoms with Crippen molar-refractivity contribution in [1.29, 1.82) is 0 Å². The van der Waals surface area contributed by atoms with Crippen LogP contribution in [0.2, 0.25) is 0 Å². The maximum absolute atomic E-state index is 12.1. The number of hydrogen-bond donors (Lipinski definition) is 2. The molecule has 5 nitrogen and oxygen atoms in total. The average Bonchev–Trinajstić information content (AvgIpc) is 2.38. The number of amides is 1. The quantitative estimate of drug-likeness (QED) is 0.911. The van der Waals surface area contributed by atoms with E-state index < -0.39 is 0 Å². The molecular weight excluding hydrogens is 310 g/mol. The number of methoxy groups -OCH3 is 1. The Hall–Kier alpha value is -2.08. The zero-order chi connectivity index (χ0) is 13.8. The highest BCUT2D eigenvalue weighted by molar-refractivity contribution is 9.10. The van der Waals surface area contributed by atoms with Gasteiger partial charge in [0.1, 0.15) is 11.6 Å². The maximum Gasteiger partial charge on any atom is 0.259 e. The summed E-state index contributed by atoms with van der Waals surface area (Å²) in [5, 5.41) is 2.75. The molecule has 6 heteroatoms. The summed E-state index contributed by atoms with van der Waals surface area (Å²) in [6, 6.07) is 8.57. The zero-order valence-corrected chi connectivity index (χ0v) is 11.8. The number of carbonyl (C=O) groups excluding carboxylic acids is 1. The van der Waals surface area contributed by atoms with Crippen LogP contribution in [0.1, 0.15) is 10.4 Å². The normalized spacial score (nSPS) is 10.0. The topological polar surface area (TPSA) is 77.2 Å². The number of benzene rings is 1. The monoisotopic (exact) mass is 321 g/mol. The molecule has 0 aliphatic carbocycles. The van der Waals surface area contributed by atoms with E-state index in [9.17, 15) is 4.79 Å². The van der Waals surface area contributed by atoms with Crippen molar-refractivity contribution < 1.29 is 9.53 Å². The molecule has 3 N–H and O–H groups in total. The first-order valence-electron chi connectivity index (χ1n) is 5.46. The molecule has 0 fully saturated rings. The second kappa shape index (κ2) is 5.71. The van der Waals surface area contributed by atoms with E-state index in [1.807, 2.05) is 0 Å². The summed E-state index contributed by atoms with van der Waals surface area (Å²) in [5.41, 5.74) is 6.60. The molecule has 19 heavy (non-hydrogen) atoms. The largest absolute Gasteiger partial charge is 0.497 e. The van der Waals surface area contributed by atoms with E-state index in [1.165, 1.54) is 6.20 Å². The van der Waals surface area contributed by atoms with Gasteiger partial charge in [0.2, 0.25) is 0 Å². The number of rotatable bonds is 3. The first kappa shape index (κ1) is 13.4. The molecule has 1 heterocycles. The van der Waals surface area contributed by atoms with Crippen LogP contribution in [0.15, 0.2) is 41.0 Å². The van der Waals surface area contributed by atoms with Crippen LogP contribution in [0.4, 0.5) is 11.5 Å². The number of nitrogens with two attached hydrogens (primary N) is 1. The highest BCUT2D eigenvalue weighted by Gasteiger charge is 2.11. The Bertz CT molecular complexity index is 617. The number of nitrogen functional groups attached to an aromatic ring is 1. The van der Waals surface area contributed by atoms with E-state index in [0.717, 1.165) is 4.47 Å². The molecule has 2 rings (SSSR count). The number of aromatic nitrogens is 1. The summed E-state index contributed by atoms with van der Waals surface area (Å²) in [7, 11) is 1.56. The molecule has 1 aromatic carbocycles. The summed E-state index contributed by atoms with van der Waals surface area (Å²) in [5.74, 6) is 0.525. The lowest BCUT2D eigenvalue weighted by Gasteiger charge is -2.09. The predicted octanol–water partition coefficient (Wildman–Crippen LogP) is 2.69. The molecule has 98 valence electrons. The first-order valence-corrected chi connectivity index (χ1v) is 6.26. The standard InChI is InChI=1S/C13H12BrN3O2/c1-19-10-6-8(14)5-9(7-10)17-13(18)11-3-2-4-16-12(11)15/h2-7H,1H3,(H2,15,16)(H,17,18). The number of nitrogens with zero attached hydrogens (tertiary/aromatic N) is 1. The van der Waals surface area contributed by atoms with Crippen LogP contribution in [0.25, 0.3) is 0 Å². The smallest absolute Gasteiger partial charge is 0.259 e. The van der Waals surface area contributed by atoms with Crippen LogP contribution >= 0.6 is 15.9 Å². The van der Waals surface area contributed by atoms with Gasteiger partial charge < -0.3 is 15.8 Å². The van der Waals surface area contributed by atoms with Gasteiger partial charge in [-0.1, -0.05) is 15.9 Å². The lowest BCUT2D eigenvalue weighted by atomic mass is 10.2. The number of anilines is 2. The summed E-state index contributed by atoms with van der Waals surface area (Å²) in [4.78, 5) is 15.9. The lowest BCUT2D eigenvalue weighted by molar-refractivity contribution is 0.102. The van der Waals surface area contributed by atoms with E-state index in [4.69, 9.17) is 10.5 Å². The second-order valence-electron chi connectivity index (χ2n) is 3.77. The van der Waals surface area contributed by atoms with Crippen molar-refractivity contribution >= 4 is 33.3 Å². The van der Waals surface area contributed by atoms with Crippen molar-refractivity contribution in [3.8, 4) is 5.75 Å². The lowest BCUT2D eigenvalue weighted by Crippen LogP contribution is -2.14. The minimum absolute atomic E-state index is 0.196. The van der Waals surface area contributed by atoms with Gasteiger partial charge in [0.15, 0.2) is 0 Å². The molecule has 2 aromatic rings. The molecule has 1 amide bonds. The number of hydrogen-bond acceptors (Lipinski definition) is 4. The molecule has 0 spiro atoms. The Morgan fingerprint density at radius 1 is 1.42 bits per heavy atom. The summed E-state index contributed by atoms with van der Waals surface area (Å²) in [6.45, 7) is 0. The SMILES string of the molecule is COc1cc(Br)cc(NC(=O)c2cccnc2N)c1. The molecule has 1 aromatic heterocycles. The van der Waals surface area contributed by atoms with Gasteiger partial charge in [-0.25, -0.2) is 4.98 Å². The van der Waals surface area contributed by atoms with Crippen LogP contribution in [0.5, 0.6) is 5.75 Å². The van der Waals surface area contributed by atoms with Crippen LogP contribution in [-0.4, -0.2) is 18.0 Å². The molecule has 0 bridgehead atoms. The Kier molecular flexibility index (Phi) is 4.01. The second-order valence-corrected chi connectivity index (χ2v) is 4.69. The summed E-state index contributed by atoms with van der Waals surface area (Å²) >= 11 is 3.35. The molecule has 0 saturated heterocycles. The van der Waals surface area contributed by atoms with Crippen LogP contribution in [-0.2, 0) is 0 Å². The van der Waals surface area contributed by atoms with Crippen molar-refractivity contribution in [2.24, 2.45) is 0 Å². The molecule has 0 saturated carbocycles. The number of halogens is 1. The minimum Gasteiger partial charge on any atom is -0.497 e. The van der Waals surface area contributed by atoms with Crippen LogP contribution in [0, 0.1) is 0 Å². The Balaban J connectivity index is 2.24. The Morgan fingerprint density at radius 2 is 2.21 bits per heavy atom. The van der Waals surface area contributed by atoms with E-state index >= 15 is 0 Å². The van der Waals surface area contributed by atoms with E-state index in [2.05, 4.69) is 26.2 Å². The number of pyridine rings is 1. The van der Waals surface area contributed by atoms with Gasteiger partial charge in [0.25, 0.3) is 5.91 Å². The molecule has 0 radical (unpaired) electrons. The fraction of sp³-hybridized carbons (Fsp3) is 0.0769. The van der Waals surface area contributed by atoms with E-state index in [0.29, 0.717) is 17.0 Å². The van der Waals surface area contributed by atoms with Gasteiger partial charge in [0, 0.05) is 22.4 Å². The highest BCUT2D eigenvalue weighted by Crippen LogP contribution is 2.25. The Labute approximate surface area is 118 Å². The molecule has 0 aliphatic rings. The number of carbonyl (C=O) groups is 1. The molecule has 0 aliphatic heterocycles. The van der Waals surface area contributed by atoms with Crippen molar-refractivity contribution in [3.05, 3.63) is 46.6 Å². The van der Waals surface area contributed by atoms with E-state index in [1.54, 1.807) is 37.4 Å². The number of ether oxygens (including phenoxy) is 1. The summed E-state index contributed by atoms with van der Waals surface area (Å²) in [6.07, 6.45) is 1.54. The van der Waals surface area contributed by atoms with Gasteiger partial charge in [-0.2, -0.15) is 0 Å². The molecular formula is C13H12BrN3O2. The van der Waals surface area contributed by atoms with Gasteiger partial charge >= 0.3 is 0 Å². The molecule has 0 unspecified atom stereocenters. The molecule has 0 atom stereocenters. The maximum atomic E-state index is 12.1. The minimum atomic E-state index is -0.314. The van der Waals surface area contributed by atoms with Crippen LogP contribution in [0.3, 0.4) is 0 Å². The number of nitrogens with one attached hydrogen (secondary N) is 1. The zero-order valence-electron chi connectivity index (χ0n) is 10.2. The fourth-order valence-electron chi connectivity index (χ4n) is 1.56. The average molecular weight is 322 g/mol. The van der Waals surface area contributed by atoms with E-state index in [-0.39, 0.29) is 11.7 Å². The highest BCUT2D eigenvalue weighted by atomic mass is 79.9. The third kappa shape index (κ3) is 3.23. The van der Waals surface area contributed by atoms with Gasteiger partial charge in [-0.15, -0.1) is 0 Å². The summed E-state index contributed by atoms with van der Waals surface area (Å²) < 4.78 is 5.94. The predicted molar refractivity (Wildman–Crippen MR) is 77.3 cm³/mol. The fourth-order valence-corrected chi connectivity index (χ4v) is 2.03. The first-order chi connectivity index (χ1) is 9.10. The van der Waals surface area contributed by atoms with Gasteiger partial charge in [-0.05, 0) is 24.3 Å². The van der Waals surface area contributed by atoms with Gasteiger partial charge in [-0.3, -0.25) is 4.79 Å². The van der Waals surface area contributed by atoms with Gasteiger partial charge in [0.05, 0.1) is 12.7 Å². The van der Waals surface area contributed by atoms with Crippen molar-refractivity contribution in [2.75, 3.05) is 18.2 Å². The van der Waals surface area contributed by atoms with Crippen LogP contribution < -0.4 is 15.8 Å². The van der Waals surface area contributed by atoms with Crippen molar-refractivity contribution in [1.82, 2.24) is 4.98 Å².